The van der Waals surface area contributed by atoms with Gasteiger partial charge in [0, 0.05) is 6.42 Å². The van der Waals surface area contributed by atoms with Gasteiger partial charge in [-0.25, -0.2) is 13.2 Å². The largest absolute Gasteiger partial charge is 0.282 e. The van der Waals surface area contributed by atoms with Crippen LogP contribution in [0.15, 0.2) is 0 Å². The summed E-state index contributed by atoms with van der Waals surface area (Å²) < 4.78 is 36.2. The average Bonchev–Trinajstić information content (AvgIpc) is 1.65. The highest BCUT2D eigenvalue weighted by atomic mass is 31.0. The van der Waals surface area contributed by atoms with Crippen molar-refractivity contribution in [2.75, 3.05) is 0 Å². The second-order valence-electron chi connectivity index (χ2n) is 1.91. The topological polar surface area (TPSA) is 0 Å². The van der Waals surface area contributed by atoms with Crippen molar-refractivity contribution in [3.8, 4) is 0 Å². The summed E-state index contributed by atoms with van der Waals surface area (Å²) in [5.74, 6) is -5.25. The summed E-state index contributed by atoms with van der Waals surface area (Å²) in [6, 6.07) is 0. The van der Waals surface area contributed by atoms with Gasteiger partial charge in [-0.2, -0.15) is 0 Å². The normalized spacial score (nSPS) is 15.7. The second kappa shape index (κ2) is 3.40. The first-order chi connectivity index (χ1) is 4.00. The zero-order valence-electron chi connectivity index (χ0n) is 5.20. The van der Waals surface area contributed by atoms with Gasteiger partial charge in [0.15, 0.2) is 5.91 Å². The molecule has 0 bridgehead atoms. The highest BCUT2D eigenvalue weighted by Crippen LogP contribution is 2.30. The van der Waals surface area contributed by atoms with Gasteiger partial charge in [-0.05, 0) is 0 Å². The van der Waals surface area contributed by atoms with Gasteiger partial charge < -0.3 is 0 Å². The van der Waals surface area contributed by atoms with E-state index in [-0.39, 0.29) is 6.42 Å². The van der Waals surface area contributed by atoms with E-state index in [1.54, 1.807) is 6.92 Å². The third kappa shape index (κ3) is 3.04. The Balaban J connectivity index is 3.70. The molecule has 4 heteroatoms. The molecule has 0 saturated carbocycles. The van der Waals surface area contributed by atoms with Gasteiger partial charge in [0.2, 0.25) is 0 Å². The zero-order chi connectivity index (χ0) is 7.49. The molecule has 0 nitrogen and oxygen atoms in total. The maximum absolute atomic E-state index is 12.2. The third-order valence-corrected chi connectivity index (χ3v) is 1.47. The van der Waals surface area contributed by atoms with Crippen LogP contribution in [0.2, 0.25) is 0 Å². The van der Waals surface area contributed by atoms with Crippen molar-refractivity contribution in [2.24, 2.45) is 0 Å². The minimum Gasteiger partial charge on any atom is -0.236 e. The third-order valence-electron chi connectivity index (χ3n) is 0.987. The highest BCUT2D eigenvalue weighted by molar-refractivity contribution is 7.17. The van der Waals surface area contributed by atoms with Crippen LogP contribution in [0.4, 0.5) is 13.2 Å². The van der Waals surface area contributed by atoms with Crippen molar-refractivity contribution in [1.29, 1.82) is 0 Å². The molecular formula is C5H10F3P. The van der Waals surface area contributed by atoms with Gasteiger partial charge in [-0.15, -0.1) is 0 Å². The molecule has 0 fully saturated rings. The molecule has 0 aliphatic heterocycles. The Morgan fingerprint density at radius 2 is 2.00 bits per heavy atom. The number of alkyl halides is 3. The SMILES string of the molecule is CCCC(F)(F)C(F)P. The maximum atomic E-state index is 12.2. The van der Waals surface area contributed by atoms with Crippen LogP contribution in [-0.2, 0) is 0 Å². The predicted molar refractivity (Wildman–Crippen MR) is 34.5 cm³/mol. The number of hydrogen-bond donors (Lipinski definition) is 0. The molecule has 9 heavy (non-hydrogen) atoms. The lowest BCUT2D eigenvalue weighted by Gasteiger charge is -2.15. The van der Waals surface area contributed by atoms with Crippen molar-refractivity contribution >= 4 is 9.24 Å². The molecular weight excluding hydrogens is 148 g/mol. The van der Waals surface area contributed by atoms with Crippen LogP contribution < -0.4 is 0 Å². The fourth-order valence-corrected chi connectivity index (χ4v) is 0.638. The number of hydrogen-bond acceptors (Lipinski definition) is 0. The molecule has 0 aromatic heterocycles. The standard InChI is InChI=1S/C5H10F3P/c1-2-3-5(7,8)4(6)9/h4H,2-3,9H2,1H3. The van der Waals surface area contributed by atoms with Gasteiger partial charge in [0.25, 0.3) is 5.92 Å². The number of halogens is 3. The van der Waals surface area contributed by atoms with E-state index >= 15 is 0 Å². The van der Waals surface area contributed by atoms with Gasteiger partial charge in [0.05, 0.1) is 0 Å². The van der Waals surface area contributed by atoms with Gasteiger partial charge in [-0.1, -0.05) is 22.6 Å². The quantitative estimate of drug-likeness (QED) is 0.554. The van der Waals surface area contributed by atoms with E-state index in [2.05, 4.69) is 0 Å². The molecule has 0 radical (unpaired) electrons. The summed E-state index contributed by atoms with van der Waals surface area (Å²) in [5.41, 5.74) is 0. The fraction of sp³-hybridized carbons (Fsp3) is 1.00. The Morgan fingerprint density at radius 1 is 1.56 bits per heavy atom. The Labute approximate surface area is 55.0 Å². The summed E-state index contributed by atoms with van der Waals surface area (Å²) >= 11 is 0. The first-order valence-electron chi connectivity index (χ1n) is 2.78. The lowest BCUT2D eigenvalue weighted by Crippen LogP contribution is -2.24. The number of rotatable bonds is 3. The molecule has 0 rings (SSSR count). The van der Waals surface area contributed by atoms with Crippen LogP contribution in [0.25, 0.3) is 0 Å². The van der Waals surface area contributed by atoms with E-state index in [1.165, 1.54) is 9.24 Å². The van der Waals surface area contributed by atoms with Crippen molar-refractivity contribution in [3.63, 3.8) is 0 Å². The lowest BCUT2D eigenvalue weighted by atomic mass is 10.2. The zero-order valence-corrected chi connectivity index (χ0v) is 6.36. The van der Waals surface area contributed by atoms with Crippen LogP contribution in [0.3, 0.4) is 0 Å². The molecule has 0 heterocycles. The fourth-order valence-electron chi connectivity index (χ4n) is 0.471. The summed E-state index contributed by atoms with van der Waals surface area (Å²) in [4.78, 5) is 0. The first-order valence-corrected chi connectivity index (χ1v) is 3.45. The summed E-state index contributed by atoms with van der Waals surface area (Å²) in [6.07, 6.45) is -0.0700. The van der Waals surface area contributed by atoms with Gasteiger partial charge in [0.1, 0.15) is 0 Å². The maximum Gasteiger partial charge on any atom is 0.282 e. The van der Waals surface area contributed by atoms with Crippen LogP contribution >= 0.6 is 9.24 Å². The molecule has 2 unspecified atom stereocenters. The molecule has 0 N–H and O–H groups in total. The van der Waals surface area contributed by atoms with Crippen molar-refractivity contribution in [2.45, 2.75) is 31.6 Å². The van der Waals surface area contributed by atoms with Crippen molar-refractivity contribution < 1.29 is 13.2 Å². The predicted octanol–water partition coefficient (Wildman–Crippen LogP) is 2.59. The molecule has 0 aromatic carbocycles. The molecule has 56 valence electrons. The average molecular weight is 158 g/mol. The molecule has 0 saturated heterocycles. The van der Waals surface area contributed by atoms with Crippen molar-refractivity contribution in [3.05, 3.63) is 0 Å². The first kappa shape index (κ1) is 9.22. The minimum absolute atomic E-state index is 0.307. The lowest BCUT2D eigenvalue weighted by molar-refractivity contribution is -0.0452. The second-order valence-corrected chi connectivity index (χ2v) is 2.50. The monoisotopic (exact) mass is 158 g/mol. The van der Waals surface area contributed by atoms with E-state index in [9.17, 15) is 13.2 Å². The molecule has 2 atom stereocenters. The van der Waals surface area contributed by atoms with E-state index < -0.39 is 11.8 Å². The summed E-state index contributed by atoms with van der Waals surface area (Å²) in [5, 5.41) is 0. The molecule has 0 aliphatic rings. The summed E-state index contributed by atoms with van der Waals surface area (Å²) in [7, 11) is 1.46. The van der Waals surface area contributed by atoms with E-state index in [0.717, 1.165) is 0 Å². The molecule has 0 amide bonds. The Morgan fingerprint density at radius 3 is 2.11 bits per heavy atom. The highest BCUT2D eigenvalue weighted by Gasteiger charge is 2.35. The van der Waals surface area contributed by atoms with Crippen LogP contribution in [-0.4, -0.2) is 11.8 Å². The Bertz CT molecular complexity index is 82.3. The van der Waals surface area contributed by atoms with Gasteiger partial charge >= 0.3 is 0 Å². The van der Waals surface area contributed by atoms with E-state index in [0.29, 0.717) is 6.42 Å². The molecule has 0 aliphatic carbocycles. The molecule has 0 aromatic rings. The minimum atomic E-state index is -3.15. The van der Waals surface area contributed by atoms with Crippen molar-refractivity contribution in [1.82, 2.24) is 0 Å². The van der Waals surface area contributed by atoms with E-state index in [1.807, 2.05) is 0 Å². The van der Waals surface area contributed by atoms with Gasteiger partial charge in [-0.3, -0.25) is 0 Å². The summed E-state index contributed by atoms with van der Waals surface area (Å²) in [6.45, 7) is 1.60. The van der Waals surface area contributed by atoms with E-state index in [4.69, 9.17) is 0 Å². The Kier molecular flexibility index (Phi) is 3.49. The molecule has 0 spiro atoms. The smallest absolute Gasteiger partial charge is 0.236 e. The van der Waals surface area contributed by atoms with Crippen LogP contribution in [0, 0.1) is 0 Å². The van der Waals surface area contributed by atoms with Crippen LogP contribution in [0.5, 0.6) is 0 Å². The Hall–Kier alpha value is 0.220. The van der Waals surface area contributed by atoms with Crippen LogP contribution in [0.1, 0.15) is 19.8 Å².